The second-order valence-corrected chi connectivity index (χ2v) is 13.7. The molecule has 0 saturated carbocycles. The van der Waals surface area contributed by atoms with E-state index in [4.69, 9.17) is 14.8 Å². The molecule has 14 heteroatoms. The SMILES string of the molecule is C=CC(=O)N1C[C@H](C)n2nc(-c3nc(-c4ccc5c(C)n(C)nc5c4)c4scc(F)c4c3-c3c(F)cc(F)cc3OCC(=O)N(C)C)cc2[C@H]1C. The lowest BCUT2D eigenvalue weighted by Gasteiger charge is -2.36. The third-order valence-corrected chi connectivity index (χ3v) is 10.4. The van der Waals surface area contributed by atoms with Crippen molar-refractivity contribution in [3.05, 3.63) is 83.3 Å². The number of aryl methyl sites for hydroxylation is 2. The summed E-state index contributed by atoms with van der Waals surface area (Å²) < 4.78 is 57.1. The van der Waals surface area contributed by atoms with Gasteiger partial charge in [0.1, 0.15) is 34.6 Å². The fourth-order valence-corrected chi connectivity index (χ4v) is 7.56. The molecule has 0 radical (unpaired) electrons. The average Bonchev–Trinajstić information content (AvgIpc) is 3.80. The fraction of sp³-hybridized carbons (Fsp3) is 0.270. The summed E-state index contributed by atoms with van der Waals surface area (Å²) in [6.07, 6.45) is 1.26. The van der Waals surface area contributed by atoms with Gasteiger partial charge < -0.3 is 14.5 Å². The number of carbonyl (C=O) groups excluding carboxylic acids is 2. The van der Waals surface area contributed by atoms with E-state index in [0.29, 0.717) is 39.8 Å². The Morgan fingerprint density at radius 1 is 1.06 bits per heavy atom. The molecule has 7 rings (SSSR count). The lowest BCUT2D eigenvalue weighted by Crippen LogP contribution is -2.42. The second kappa shape index (κ2) is 12.7. The predicted octanol–water partition coefficient (Wildman–Crippen LogP) is 7.22. The maximum atomic E-state index is 16.3. The summed E-state index contributed by atoms with van der Waals surface area (Å²) in [7, 11) is 4.90. The summed E-state index contributed by atoms with van der Waals surface area (Å²) in [4.78, 5) is 33.4. The van der Waals surface area contributed by atoms with Gasteiger partial charge in [0, 0.05) is 72.8 Å². The van der Waals surface area contributed by atoms with Crippen LogP contribution in [0.1, 0.15) is 37.3 Å². The third kappa shape index (κ3) is 5.63. The van der Waals surface area contributed by atoms with Crippen molar-refractivity contribution in [2.45, 2.75) is 32.9 Å². The Morgan fingerprint density at radius 3 is 2.55 bits per heavy atom. The first-order chi connectivity index (χ1) is 24.3. The molecule has 6 aromatic rings. The number of rotatable bonds is 7. The van der Waals surface area contributed by atoms with Gasteiger partial charge >= 0.3 is 0 Å². The minimum atomic E-state index is -1.04. The molecule has 4 aromatic heterocycles. The van der Waals surface area contributed by atoms with Crippen LogP contribution in [0, 0.1) is 24.4 Å². The highest BCUT2D eigenvalue weighted by atomic mass is 32.1. The largest absolute Gasteiger partial charge is 0.483 e. The van der Waals surface area contributed by atoms with Crippen LogP contribution in [0.5, 0.6) is 5.75 Å². The smallest absolute Gasteiger partial charge is 0.259 e. The Morgan fingerprint density at radius 2 is 1.82 bits per heavy atom. The molecule has 5 heterocycles. The molecular formula is C37H34F3N7O3S. The predicted molar refractivity (Wildman–Crippen MR) is 190 cm³/mol. The van der Waals surface area contributed by atoms with E-state index in [1.165, 1.54) is 30.5 Å². The molecule has 262 valence electrons. The molecule has 0 saturated heterocycles. The highest BCUT2D eigenvalue weighted by molar-refractivity contribution is 7.17. The van der Waals surface area contributed by atoms with Crippen molar-refractivity contribution in [2.24, 2.45) is 7.05 Å². The summed E-state index contributed by atoms with van der Waals surface area (Å²) in [5, 5.41) is 11.8. The minimum Gasteiger partial charge on any atom is -0.483 e. The quantitative estimate of drug-likeness (QED) is 0.162. The number of nitrogens with zero attached hydrogens (tertiary/aromatic N) is 7. The Kier molecular flexibility index (Phi) is 8.44. The zero-order valence-corrected chi connectivity index (χ0v) is 29.6. The maximum Gasteiger partial charge on any atom is 0.259 e. The number of likely N-dealkylation sites (N-methyl/N-ethyl adjacent to an activating group) is 1. The van der Waals surface area contributed by atoms with Gasteiger partial charge in [-0.05, 0) is 39.0 Å². The summed E-state index contributed by atoms with van der Waals surface area (Å²) >= 11 is 1.09. The number of ether oxygens (including phenoxy) is 1. The third-order valence-electron chi connectivity index (χ3n) is 9.43. The standard InChI is InChI=1S/C37H34F3N7O3S/c1-8-30(48)46-15-18(2)47-28(20(46)4)14-27(43-47)36-34(32-24(39)12-22(38)13-29(32)50-16-31(49)44(5)6)33-25(40)17-51-37(33)35(41-36)21-9-10-23-19(3)45(7)42-26(23)11-21/h8-14,17-18,20H,1,15-16H2,2-7H3/t18-,20+/m0/s1. The number of fused-ring (bicyclic) bond motifs is 3. The van der Waals surface area contributed by atoms with E-state index in [1.54, 1.807) is 20.3 Å². The summed E-state index contributed by atoms with van der Waals surface area (Å²) in [5.74, 6) is -3.63. The first kappa shape index (κ1) is 34.0. The van der Waals surface area contributed by atoms with Crippen molar-refractivity contribution < 1.29 is 27.5 Å². The van der Waals surface area contributed by atoms with Gasteiger partial charge in [0.15, 0.2) is 6.61 Å². The topological polar surface area (TPSA) is 98.4 Å². The first-order valence-corrected chi connectivity index (χ1v) is 17.1. The van der Waals surface area contributed by atoms with Gasteiger partial charge in [-0.15, -0.1) is 11.3 Å². The molecular weight excluding hydrogens is 680 g/mol. The highest BCUT2D eigenvalue weighted by Crippen LogP contribution is 2.48. The Bertz CT molecular complexity index is 2410. The molecule has 0 spiro atoms. The number of carbonyl (C=O) groups is 2. The molecule has 0 N–H and O–H groups in total. The van der Waals surface area contributed by atoms with Crippen LogP contribution < -0.4 is 4.74 Å². The van der Waals surface area contributed by atoms with Crippen molar-refractivity contribution >= 4 is 44.1 Å². The number of amides is 2. The zero-order chi connectivity index (χ0) is 36.5. The number of hydrogen-bond donors (Lipinski definition) is 0. The van der Waals surface area contributed by atoms with Crippen LogP contribution in [0.3, 0.4) is 0 Å². The van der Waals surface area contributed by atoms with Crippen LogP contribution in [-0.4, -0.2) is 73.4 Å². The van der Waals surface area contributed by atoms with E-state index in [1.807, 2.05) is 46.0 Å². The van der Waals surface area contributed by atoms with E-state index >= 15 is 8.78 Å². The van der Waals surface area contributed by atoms with Crippen molar-refractivity contribution in [3.8, 4) is 39.5 Å². The van der Waals surface area contributed by atoms with Crippen LogP contribution in [-0.2, 0) is 16.6 Å². The van der Waals surface area contributed by atoms with E-state index in [9.17, 15) is 14.0 Å². The van der Waals surface area contributed by atoms with Crippen LogP contribution in [0.25, 0.3) is 54.8 Å². The molecule has 2 atom stereocenters. The number of pyridine rings is 1. The van der Waals surface area contributed by atoms with Crippen LogP contribution in [0.15, 0.2) is 54.4 Å². The van der Waals surface area contributed by atoms with Crippen molar-refractivity contribution in [3.63, 3.8) is 0 Å². The van der Waals surface area contributed by atoms with E-state index < -0.39 is 36.0 Å². The highest BCUT2D eigenvalue weighted by Gasteiger charge is 2.34. The van der Waals surface area contributed by atoms with Crippen LogP contribution in [0.2, 0.25) is 0 Å². The average molecular weight is 714 g/mol. The second-order valence-electron chi connectivity index (χ2n) is 12.9. The van der Waals surface area contributed by atoms with Crippen molar-refractivity contribution in [2.75, 3.05) is 27.2 Å². The molecule has 10 nitrogen and oxygen atoms in total. The molecule has 51 heavy (non-hydrogen) atoms. The lowest BCUT2D eigenvalue weighted by molar-refractivity contribution is -0.131. The number of benzene rings is 2. The zero-order valence-electron chi connectivity index (χ0n) is 28.8. The molecule has 0 fully saturated rings. The van der Waals surface area contributed by atoms with Gasteiger partial charge in [-0.25, -0.2) is 18.2 Å². The van der Waals surface area contributed by atoms with Crippen LogP contribution >= 0.6 is 11.3 Å². The van der Waals surface area contributed by atoms with Crippen LogP contribution in [0.4, 0.5) is 13.2 Å². The Hall–Kier alpha value is -5.50. The molecule has 0 unspecified atom stereocenters. The van der Waals surface area contributed by atoms with Gasteiger partial charge in [0.25, 0.3) is 5.91 Å². The fourth-order valence-electron chi connectivity index (χ4n) is 6.63. The molecule has 2 amide bonds. The number of aromatic nitrogens is 5. The van der Waals surface area contributed by atoms with Crippen molar-refractivity contribution in [1.82, 2.24) is 34.3 Å². The van der Waals surface area contributed by atoms with E-state index in [-0.39, 0.29) is 45.6 Å². The Labute approximate surface area is 295 Å². The number of hydrogen-bond acceptors (Lipinski definition) is 7. The molecule has 0 aliphatic carbocycles. The number of thiophene rings is 1. The van der Waals surface area contributed by atoms with Gasteiger partial charge in [-0.3, -0.25) is 19.0 Å². The van der Waals surface area contributed by atoms with Gasteiger partial charge in [0.05, 0.1) is 39.3 Å². The monoisotopic (exact) mass is 713 g/mol. The van der Waals surface area contributed by atoms with E-state index in [0.717, 1.165) is 28.5 Å². The van der Waals surface area contributed by atoms with Gasteiger partial charge in [-0.1, -0.05) is 18.7 Å². The molecule has 0 bridgehead atoms. The Balaban J connectivity index is 1.54. The van der Waals surface area contributed by atoms with Gasteiger partial charge in [-0.2, -0.15) is 10.2 Å². The molecule has 1 aliphatic rings. The summed E-state index contributed by atoms with van der Waals surface area (Å²) in [5.41, 5.74) is 3.49. The normalized spacial score (nSPS) is 15.7. The maximum absolute atomic E-state index is 16.3. The first-order valence-electron chi connectivity index (χ1n) is 16.2. The summed E-state index contributed by atoms with van der Waals surface area (Å²) in [6.45, 7) is 9.21. The van der Waals surface area contributed by atoms with E-state index in [2.05, 4.69) is 11.7 Å². The number of halogens is 3. The summed E-state index contributed by atoms with van der Waals surface area (Å²) in [6, 6.07) is 8.40. The minimum absolute atomic E-state index is 0.0122. The molecule has 1 aliphatic heterocycles. The molecule has 2 aromatic carbocycles. The van der Waals surface area contributed by atoms with Gasteiger partial charge in [0.2, 0.25) is 5.91 Å². The lowest BCUT2D eigenvalue weighted by atomic mass is 9.94. The van der Waals surface area contributed by atoms with Crippen molar-refractivity contribution in [1.29, 1.82) is 0 Å².